The number of aromatic nitrogens is 3. The Morgan fingerprint density at radius 2 is 2.00 bits per heavy atom. The van der Waals surface area contributed by atoms with Crippen LogP contribution in [0.3, 0.4) is 0 Å². The molecule has 0 saturated carbocycles. The second kappa shape index (κ2) is 5.17. The zero-order valence-electron chi connectivity index (χ0n) is 11.8. The van der Waals surface area contributed by atoms with Crippen molar-refractivity contribution < 1.29 is 4.79 Å². The normalized spacial score (nSPS) is 15.6. The van der Waals surface area contributed by atoms with Crippen molar-refractivity contribution in [2.24, 2.45) is 12.8 Å². The Balaban J connectivity index is 1.80. The predicted octanol–water partition coefficient (Wildman–Crippen LogP) is -0.376. The summed E-state index contributed by atoms with van der Waals surface area (Å²) in [5, 5.41) is 4.15. The second-order valence-corrected chi connectivity index (χ2v) is 5.12. The van der Waals surface area contributed by atoms with E-state index in [4.69, 9.17) is 5.73 Å². The van der Waals surface area contributed by atoms with Crippen molar-refractivity contribution in [2.45, 2.75) is 19.1 Å². The molecule has 0 fully saturated rings. The Hall–Kier alpha value is -2.41. The predicted molar refractivity (Wildman–Crippen MR) is 76.3 cm³/mol. The van der Waals surface area contributed by atoms with E-state index in [2.05, 4.69) is 5.10 Å². The van der Waals surface area contributed by atoms with Crippen LogP contribution in [0.15, 0.2) is 35.1 Å². The van der Waals surface area contributed by atoms with Gasteiger partial charge in [0.2, 0.25) is 5.91 Å². The summed E-state index contributed by atoms with van der Waals surface area (Å²) in [6.07, 6.45) is 0. The van der Waals surface area contributed by atoms with Crippen molar-refractivity contribution in [3.8, 4) is 0 Å². The van der Waals surface area contributed by atoms with E-state index in [1.807, 2.05) is 30.3 Å². The van der Waals surface area contributed by atoms with Gasteiger partial charge in [-0.1, -0.05) is 30.3 Å². The van der Waals surface area contributed by atoms with E-state index in [9.17, 15) is 9.59 Å². The van der Waals surface area contributed by atoms with Crippen molar-refractivity contribution in [1.82, 2.24) is 19.2 Å². The lowest BCUT2D eigenvalue weighted by atomic mass is 10.1. The zero-order chi connectivity index (χ0) is 15.0. The van der Waals surface area contributed by atoms with E-state index in [1.165, 1.54) is 4.68 Å². The first-order valence-corrected chi connectivity index (χ1v) is 6.80. The molecule has 1 amide bonds. The lowest BCUT2D eigenvalue weighted by Gasteiger charge is -2.29. The van der Waals surface area contributed by atoms with Crippen LogP contribution in [0.2, 0.25) is 0 Å². The number of hydrogen-bond acceptors (Lipinski definition) is 4. The molecule has 3 rings (SSSR count). The Labute approximate surface area is 121 Å². The molecule has 0 saturated heterocycles. The monoisotopic (exact) mass is 287 g/mol. The summed E-state index contributed by atoms with van der Waals surface area (Å²) >= 11 is 0. The third kappa shape index (κ3) is 2.36. The van der Waals surface area contributed by atoms with Crippen LogP contribution in [0, 0.1) is 0 Å². The van der Waals surface area contributed by atoms with Gasteiger partial charge < -0.3 is 10.6 Å². The molecule has 1 atom stereocenters. The largest absolute Gasteiger partial charge is 0.345 e. The molecule has 1 aromatic heterocycles. The van der Waals surface area contributed by atoms with Crippen molar-refractivity contribution in [2.75, 3.05) is 6.54 Å². The molecule has 2 aromatic rings. The topological polar surface area (TPSA) is 86.2 Å². The third-order valence-electron chi connectivity index (χ3n) is 3.75. The van der Waals surface area contributed by atoms with Crippen LogP contribution in [-0.2, 0) is 24.9 Å². The van der Waals surface area contributed by atoms with E-state index in [1.54, 1.807) is 16.5 Å². The van der Waals surface area contributed by atoms with E-state index in [0.717, 1.165) is 5.56 Å². The van der Waals surface area contributed by atoms with E-state index in [-0.39, 0.29) is 11.6 Å². The molecule has 110 valence electrons. The zero-order valence-corrected chi connectivity index (χ0v) is 11.8. The fourth-order valence-electron chi connectivity index (χ4n) is 2.55. The van der Waals surface area contributed by atoms with Gasteiger partial charge in [-0.15, -0.1) is 0 Å². The minimum atomic E-state index is -0.687. The quantitative estimate of drug-likeness (QED) is 0.816. The highest BCUT2D eigenvalue weighted by atomic mass is 16.2. The molecule has 0 radical (unpaired) electrons. The molecular formula is C14H17N5O2. The number of rotatable bonds is 2. The number of fused-ring (bicyclic) bond motifs is 1. The van der Waals surface area contributed by atoms with Gasteiger partial charge in [-0.3, -0.25) is 9.36 Å². The average molecular weight is 287 g/mol. The summed E-state index contributed by atoms with van der Waals surface area (Å²) in [6, 6.07) is 8.58. The summed E-state index contributed by atoms with van der Waals surface area (Å²) in [5.74, 6) is 0.452. The Morgan fingerprint density at radius 1 is 1.29 bits per heavy atom. The van der Waals surface area contributed by atoms with Gasteiger partial charge in [0.05, 0.1) is 6.54 Å². The van der Waals surface area contributed by atoms with Crippen molar-refractivity contribution in [3.05, 3.63) is 52.2 Å². The van der Waals surface area contributed by atoms with Gasteiger partial charge in [-0.2, -0.15) is 5.10 Å². The summed E-state index contributed by atoms with van der Waals surface area (Å²) < 4.78 is 2.89. The molecule has 2 heterocycles. The summed E-state index contributed by atoms with van der Waals surface area (Å²) in [4.78, 5) is 25.9. The Kier molecular flexibility index (Phi) is 3.34. The number of aryl methyl sites for hydroxylation is 1. The number of amides is 1. The smallest absolute Gasteiger partial charge is 0.332 e. The number of hydrogen-bond donors (Lipinski definition) is 1. The summed E-state index contributed by atoms with van der Waals surface area (Å²) in [5.41, 5.74) is 6.67. The molecule has 0 spiro atoms. The lowest BCUT2D eigenvalue weighted by molar-refractivity contribution is -0.134. The number of nitrogens with two attached hydrogens (primary N) is 1. The maximum absolute atomic E-state index is 12.5. The third-order valence-corrected chi connectivity index (χ3v) is 3.75. The van der Waals surface area contributed by atoms with Crippen molar-refractivity contribution in [3.63, 3.8) is 0 Å². The van der Waals surface area contributed by atoms with Crippen LogP contribution in [0.4, 0.5) is 0 Å². The SMILES string of the molecule is Cn1nc2n(c1=O)CCN(C(=O)[C@@H](N)c1ccccc1)C2. The molecule has 7 nitrogen and oxygen atoms in total. The van der Waals surface area contributed by atoms with Gasteiger partial charge in [-0.25, -0.2) is 9.48 Å². The standard InChI is InChI=1S/C14H17N5O2/c1-17-14(21)19-8-7-18(9-11(19)16-17)13(20)12(15)10-5-3-2-4-6-10/h2-6,12H,7-9,15H2,1H3/t12-/m0/s1. The Bertz CT molecular complexity index is 719. The second-order valence-electron chi connectivity index (χ2n) is 5.12. The average Bonchev–Trinajstić information content (AvgIpc) is 2.81. The van der Waals surface area contributed by atoms with Crippen molar-refractivity contribution >= 4 is 5.91 Å². The first-order chi connectivity index (χ1) is 10.1. The summed E-state index contributed by atoms with van der Waals surface area (Å²) in [7, 11) is 1.61. The van der Waals surface area contributed by atoms with Crippen LogP contribution < -0.4 is 11.4 Å². The molecule has 2 N–H and O–H groups in total. The molecule has 1 aromatic carbocycles. The molecule has 21 heavy (non-hydrogen) atoms. The van der Waals surface area contributed by atoms with Gasteiger partial charge in [0.25, 0.3) is 0 Å². The number of carbonyl (C=O) groups excluding carboxylic acids is 1. The van der Waals surface area contributed by atoms with Gasteiger partial charge in [-0.05, 0) is 5.56 Å². The van der Waals surface area contributed by atoms with E-state index < -0.39 is 6.04 Å². The molecule has 0 unspecified atom stereocenters. The maximum Gasteiger partial charge on any atom is 0.345 e. The fraction of sp³-hybridized carbons (Fsp3) is 0.357. The molecule has 0 bridgehead atoms. The number of benzene rings is 1. The minimum absolute atomic E-state index is 0.148. The maximum atomic E-state index is 12.5. The van der Waals surface area contributed by atoms with Crippen LogP contribution in [0.1, 0.15) is 17.4 Å². The van der Waals surface area contributed by atoms with Gasteiger partial charge in [0, 0.05) is 20.1 Å². The Morgan fingerprint density at radius 3 is 2.71 bits per heavy atom. The first kappa shape index (κ1) is 13.6. The summed E-state index contributed by atoms with van der Waals surface area (Å²) in [6.45, 7) is 1.24. The molecular weight excluding hydrogens is 270 g/mol. The minimum Gasteiger partial charge on any atom is -0.332 e. The lowest BCUT2D eigenvalue weighted by Crippen LogP contribution is -2.44. The van der Waals surface area contributed by atoms with Gasteiger partial charge >= 0.3 is 5.69 Å². The molecule has 1 aliphatic heterocycles. The number of carbonyl (C=O) groups is 1. The van der Waals surface area contributed by atoms with Crippen LogP contribution in [-0.4, -0.2) is 31.7 Å². The van der Waals surface area contributed by atoms with E-state index in [0.29, 0.717) is 25.5 Å². The molecule has 1 aliphatic rings. The highest BCUT2D eigenvalue weighted by Gasteiger charge is 2.28. The van der Waals surface area contributed by atoms with E-state index >= 15 is 0 Å². The van der Waals surface area contributed by atoms with Gasteiger partial charge in [0.1, 0.15) is 6.04 Å². The van der Waals surface area contributed by atoms with Crippen LogP contribution in [0.5, 0.6) is 0 Å². The fourth-order valence-corrected chi connectivity index (χ4v) is 2.55. The van der Waals surface area contributed by atoms with Gasteiger partial charge in [0.15, 0.2) is 5.82 Å². The highest BCUT2D eigenvalue weighted by molar-refractivity contribution is 5.83. The van der Waals surface area contributed by atoms with Crippen LogP contribution in [0.25, 0.3) is 0 Å². The first-order valence-electron chi connectivity index (χ1n) is 6.80. The van der Waals surface area contributed by atoms with Crippen LogP contribution >= 0.6 is 0 Å². The number of nitrogens with zero attached hydrogens (tertiary/aromatic N) is 4. The molecule has 7 heteroatoms. The van der Waals surface area contributed by atoms with Crippen molar-refractivity contribution in [1.29, 1.82) is 0 Å². The molecule has 0 aliphatic carbocycles. The highest BCUT2D eigenvalue weighted by Crippen LogP contribution is 2.16.